The van der Waals surface area contributed by atoms with E-state index in [0.717, 1.165) is 10.6 Å². The zero-order valence-corrected chi connectivity index (χ0v) is 11.6. The first-order valence-electron chi connectivity index (χ1n) is 5.89. The highest BCUT2D eigenvalue weighted by Crippen LogP contribution is 2.20. The van der Waals surface area contributed by atoms with Crippen molar-refractivity contribution in [2.45, 2.75) is 19.6 Å². The minimum absolute atomic E-state index is 0.335. The molecule has 1 heterocycles. The van der Waals surface area contributed by atoms with Gasteiger partial charge in [-0.15, -0.1) is 11.3 Å². The van der Waals surface area contributed by atoms with Crippen LogP contribution in [0.5, 0.6) is 0 Å². The van der Waals surface area contributed by atoms with Gasteiger partial charge in [0.25, 0.3) is 0 Å². The number of carbonyl (C=O) groups is 1. The average molecular weight is 277 g/mol. The van der Waals surface area contributed by atoms with Crippen molar-refractivity contribution in [2.24, 2.45) is 0 Å². The smallest absolute Gasteiger partial charge is 0.338 e. The maximum atomic E-state index is 12.0. The fourth-order valence-electron chi connectivity index (χ4n) is 1.67. The van der Waals surface area contributed by atoms with Crippen LogP contribution in [0.2, 0.25) is 0 Å². The Kier molecular flexibility index (Phi) is 4.65. The predicted octanol–water partition coefficient (Wildman–Crippen LogP) is 3.21. The Morgan fingerprint density at radius 2 is 2.32 bits per heavy atom. The molecule has 1 aromatic heterocycles. The molecule has 0 N–H and O–H groups in total. The Balaban J connectivity index is 2.05. The minimum Gasteiger partial charge on any atom is -0.452 e. The summed E-state index contributed by atoms with van der Waals surface area (Å²) in [5.74, 6) is -0.347. The van der Waals surface area contributed by atoms with Crippen LogP contribution >= 0.6 is 11.3 Å². The summed E-state index contributed by atoms with van der Waals surface area (Å²) >= 11 is 1.47. The van der Waals surface area contributed by atoms with E-state index in [1.165, 1.54) is 11.3 Å². The summed E-state index contributed by atoms with van der Waals surface area (Å²) in [6.45, 7) is 2.29. The second-order valence-electron chi connectivity index (χ2n) is 4.05. The lowest BCUT2D eigenvalue weighted by atomic mass is 10.1. The highest BCUT2D eigenvalue weighted by Gasteiger charge is 2.15. The SMILES string of the molecule is COCc1cccc(C(=O)O[C@H](C)c2nccs2)c1. The molecule has 1 atom stereocenters. The molecule has 0 amide bonds. The summed E-state index contributed by atoms with van der Waals surface area (Å²) in [5, 5.41) is 2.65. The molecule has 0 aliphatic carbocycles. The van der Waals surface area contributed by atoms with Gasteiger partial charge >= 0.3 is 5.97 Å². The maximum absolute atomic E-state index is 12.0. The van der Waals surface area contributed by atoms with E-state index in [-0.39, 0.29) is 12.1 Å². The van der Waals surface area contributed by atoms with Gasteiger partial charge in [0.2, 0.25) is 0 Å². The standard InChI is InChI=1S/C14H15NO3S/c1-10(13-15-6-7-19-13)18-14(16)12-5-3-4-11(8-12)9-17-2/h3-8,10H,9H2,1-2H3/t10-/m1/s1. The van der Waals surface area contributed by atoms with Gasteiger partial charge in [-0.2, -0.15) is 0 Å². The van der Waals surface area contributed by atoms with Crippen molar-refractivity contribution in [1.82, 2.24) is 4.98 Å². The monoisotopic (exact) mass is 277 g/mol. The van der Waals surface area contributed by atoms with E-state index in [0.29, 0.717) is 12.2 Å². The number of hydrogen-bond donors (Lipinski definition) is 0. The Morgan fingerprint density at radius 1 is 1.47 bits per heavy atom. The topological polar surface area (TPSA) is 48.4 Å². The molecule has 0 radical (unpaired) electrons. The van der Waals surface area contributed by atoms with Crippen molar-refractivity contribution in [1.29, 1.82) is 0 Å². The van der Waals surface area contributed by atoms with Crippen LogP contribution in [-0.2, 0) is 16.1 Å². The zero-order valence-electron chi connectivity index (χ0n) is 10.8. The fourth-order valence-corrected chi connectivity index (χ4v) is 2.29. The molecule has 0 unspecified atom stereocenters. The molecule has 0 spiro atoms. The van der Waals surface area contributed by atoms with E-state index in [1.807, 2.05) is 24.4 Å². The molecule has 0 fully saturated rings. The number of thiazole rings is 1. The molecule has 5 heteroatoms. The summed E-state index contributed by atoms with van der Waals surface area (Å²) in [5.41, 5.74) is 1.47. The van der Waals surface area contributed by atoms with Gasteiger partial charge in [0.05, 0.1) is 12.2 Å². The van der Waals surface area contributed by atoms with Gasteiger partial charge in [0.15, 0.2) is 6.10 Å². The van der Waals surface area contributed by atoms with Crippen LogP contribution in [-0.4, -0.2) is 18.1 Å². The number of methoxy groups -OCH3 is 1. The van der Waals surface area contributed by atoms with Crippen molar-refractivity contribution in [3.63, 3.8) is 0 Å². The third-order valence-electron chi connectivity index (χ3n) is 2.56. The van der Waals surface area contributed by atoms with Gasteiger partial charge in [-0.1, -0.05) is 12.1 Å². The predicted molar refractivity (Wildman–Crippen MR) is 73.1 cm³/mol. The van der Waals surface area contributed by atoms with Gasteiger partial charge < -0.3 is 9.47 Å². The van der Waals surface area contributed by atoms with Crippen LogP contribution in [0.1, 0.15) is 34.0 Å². The number of ether oxygens (including phenoxy) is 2. The van der Waals surface area contributed by atoms with Gasteiger partial charge in [-0.05, 0) is 24.6 Å². The molecule has 0 bridgehead atoms. The molecule has 100 valence electrons. The van der Waals surface area contributed by atoms with E-state index < -0.39 is 0 Å². The highest BCUT2D eigenvalue weighted by atomic mass is 32.1. The first kappa shape index (κ1) is 13.7. The van der Waals surface area contributed by atoms with Crippen molar-refractivity contribution in [2.75, 3.05) is 7.11 Å². The van der Waals surface area contributed by atoms with Crippen LogP contribution in [0.25, 0.3) is 0 Å². The molecule has 2 aromatic rings. The molecule has 4 nitrogen and oxygen atoms in total. The number of nitrogens with zero attached hydrogens (tertiary/aromatic N) is 1. The van der Waals surface area contributed by atoms with Crippen molar-refractivity contribution < 1.29 is 14.3 Å². The lowest BCUT2D eigenvalue weighted by Crippen LogP contribution is -2.09. The van der Waals surface area contributed by atoms with Crippen molar-refractivity contribution >= 4 is 17.3 Å². The third kappa shape index (κ3) is 3.62. The Bertz CT molecular complexity index is 539. The van der Waals surface area contributed by atoms with Gasteiger partial charge in [-0.3, -0.25) is 0 Å². The number of benzene rings is 1. The summed E-state index contributed by atoms with van der Waals surface area (Å²) in [4.78, 5) is 16.2. The Hall–Kier alpha value is -1.72. The van der Waals surface area contributed by atoms with Crippen LogP contribution in [0.3, 0.4) is 0 Å². The minimum atomic E-state index is -0.347. The zero-order chi connectivity index (χ0) is 13.7. The number of hydrogen-bond acceptors (Lipinski definition) is 5. The Labute approximate surface area is 116 Å². The molecule has 2 rings (SSSR count). The summed E-state index contributed by atoms with van der Waals surface area (Å²) in [6.07, 6.45) is 1.36. The molecule has 19 heavy (non-hydrogen) atoms. The number of rotatable bonds is 5. The van der Waals surface area contributed by atoms with Crippen molar-refractivity contribution in [3.05, 3.63) is 52.0 Å². The van der Waals surface area contributed by atoms with Crippen LogP contribution in [0, 0.1) is 0 Å². The molecule has 0 saturated heterocycles. The number of aromatic nitrogens is 1. The lowest BCUT2D eigenvalue weighted by molar-refractivity contribution is 0.0337. The molecule has 0 saturated carbocycles. The van der Waals surface area contributed by atoms with E-state index in [1.54, 1.807) is 25.4 Å². The van der Waals surface area contributed by atoms with E-state index in [9.17, 15) is 4.79 Å². The van der Waals surface area contributed by atoms with E-state index >= 15 is 0 Å². The van der Waals surface area contributed by atoms with Crippen molar-refractivity contribution in [3.8, 4) is 0 Å². The van der Waals surface area contributed by atoms with Gasteiger partial charge in [0, 0.05) is 18.7 Å². The quantitative estimate of drug-likeness (QED) is 0.787. The van der Waals surface area contributed by atoms with E-state index in [2.05, 4.69) is 4.98 Å². The van der Waals surface area contributed by atoms with Gasteiger partial charge in [0.1, 0.15) is 5.01 Å². The maximum Gasteiger partial charge on any atom is 0.338 e. The van der Waals surface area contributed by atoms with Crippen LogP contribution in [0.15, 0.2) is 35.8 Å². The summed E-state index contributed by atoms with van der Waals surface area (Å²) in [7, 11) is 1.62. The van der Waals surface area contributed by atoms with Crippen LogP contribution in [0.4, 0.5) is 0 Å². The normalized spacial score (nSPS) is 12.1. The lowest BCUT2D eigenvalue weighted by Gasteiger charge is -2.11. The number of carbonyl (C=O) groups excluding carboxylic acids is 1. The first-order valence-corrected chi connectivity index (χ1v) is 6.77. The molecule has 0 aliphatic heterocycles. The molecule has 0 aliphatic rings. The Morgan fingerprint density at radius 3 is 3.00 bits per heavy atom. The second-order valence-corrected chi connectivity index (χ2v) is 4.98. The largest absolute Gasteiger partial charge is 0.452 e. The average Bonchev–Trinajstić information content (AvgIpc) is 2.93. The molecular formula is C14H15NO3S. The van der Waals surface area contributed by atoms with Crippen LogP contribution < -0.4 is 0 Å². The summed E-state index contributed by atoms with van der Waals surface area (Å²) in [6, 6.07) is 7.24. The number of esters is 1. The fraction of sp³-hybridized carbons (Fsp3) is 0.286. The molecule has 1 aromatic carbocycles. The summed E-state index contributed by atoms with van der Waals surface area (Å²) < 4.78 is 10.4. The van der Waals surface area contributed by atoms with E-state index in [4.69, 9.17) is 9.47 Å². The second kappa shape index (κ2) is 6.45. The molecular weight excluding hydrogens is 262 g/mol. The third-order valence-corrected chi connectivity index (χ3v) is 3.49. The highest BCUT2D eigenvalue weighted by molar-refractivity contribution is 7.09. The van der Waals surface area contributed by atoms with Gasteiger partial charge in [-0.25, -0.2) is 9.78 Å². The first-order chi connectivity index (χ1) is 9.20.